The third-order valence-corrected chi connectivity index (χ3v) is 4.00. The zero-order chi connectivity index (χ0) is 17.3. The van der Waals surface area contributed by atoms with Crippen molar-refractivity contribution < 1.29 is 17.7 Å². The van der Waals surface area contributed by atoms with E-state index in [0.717, 1.165) is 23.9 Å². The van der Waals surface area contributed by atoms with E-state index in [1.807, 2.05) is 18.9 Å². The van der Waals surface area contributed by atoms with Crippen LogP contribution in [-0.2, 0) is 6.54 Å². The van der Waals surface area contributed by atoms with Crippen LogP contribution in [0.1, 0.15) is 30.1 Å². The Kier molecular flexibility index (Phi) is 4.44. The molecule has 0 aliphatic heterocycles. The van der Waals surface area contributed by atoms with E-state index in [4.69, 9.17) is 8.94 Å². The Morgan fingerprint density at radius 2 is 2.04 bits per heavy atom. The minimum Gasteiger partial charge on any atom is -0.441 e. The van der Waals surface area contributed by atoms with Crippen LogP contribution in [0.2, 0.25) is 0 Å². The number of hydrogen-bond donors (Lipinski definition) is 0. The number of oxazole rings is 1. The van der Waals surface area contributed by atoms with Crippen LogP contribution in [0.4, 0.5) is 8.78 Å². The molecule has 0 N–H and O–H groups in total. The maximum Gasteiger partial charge on any atom is 0.229 e. The molecule has 7 heteroatoms. The molecule has 1 aromatic carbocycles. The average Bonchev–Trinajstić information content (AvgIpc) is 3.19. The Bertz CT molecular complexity index is 830. The Labute approximate surface area is 137 Å². The van der Waals surface area contributed by atoms with Crippen molar-refractivity contribution in [1.82, 2.24) is 15.0 Å². The van der Waals surface area contributed by atoms with E-state index in [1.165, 1.54) is 6.26 Å². The second kappa shape index (κ2) is 6.52. The molecule has 0 aliphatic carbocycles. The smallest absolute Gasteiger partial charge is 0.229 e. The van der Waals surface area contributed by atoms with Crippen molar-refractivity contribution in [3.8, 4) is 11.5 Å². The first-order valence-electron chi connectivity index (χ1n) is 7.48. The molecule has 0 aliphatic rings. The zero-order valence-electron chi connectivity index (χ0n) is 13.6. The first-order chi connectivity index (χ1) is 11.5. The van der Waals surface area contributed by atoms with Gasteiger partial charge in [0, 0.05) is 12.6 Å². The molecule has 3 aromatic rings. The van der Waals surface area contributed by atoms with Crippen LogP contribution in [-0.4, -0.2) is 22.1 Å². The molecule has 0 amide bonds. The van der Waals surface area contributed by atoms with Gasteiger partial charge in [-0.25, -0.2) is 13.8 Å². The Balaban J connectivity index is 1.83. The SMILES string of the molecule is Cc1oc(-c2cc(F)ccc2F)nc1CN(C)C(C)c1ccon1. The van der Waals surface area contributed by atoms with Gasteiger partial charge < -0.3 is 8.94 Å². The lowest BCUT2D eigenvalue weighted by Gasteiger charge is -2.21. The molecule has 5 nitrogen and oxygen atoms in total. The number of hydrogen-bond acceptors (Lipinski definition) is 5. The highest BCUT2D eigenvalue weighted by atomic mass is 19.1. The first kappa shape index (κ1) is 16.3. The Morgan fingerprint density at radius 3 is 2.75 bits per heavy atom. The van der Waals surface area contributed by atoms with Crippen LogP contribution in [0.15, 0.2) is 39.5 Å². The van der Waals surface area contributed by atoms with Crippen molar-refractivity contribution in [2.45, 2.75) is 26.4 Å². The molecular formula is C17H17F2N3O2. The fourth-order valence-electron chi connectivity index (χ4n) is 2.39. The van der Waals surface area contributed by atoms with Crippen LogP contribution in [0, 0.1) is 18.6 Å². The summed E-state index contributed by atoms with van der Waals surface area (Å²) in [5, 5.41) is 3.92. The number of halogens is 2. The molecule has 1 unspecified atom stereocenters. The summed E-state index contributed by atoms with van der Waals surface area (Å²) >= 11 is 0. The van der Waals surface area contributed by atoms with Gasteiger partial charge in [-0.3, -0.25) is 4.90 Å². The largest absolute Gasteiger partial charge is 0.441 e. The van der Waals surface area contributed by atoms with Gasteiger partial charge in [0.2, 0.25) is 5.89 Å². The standard InChI is InChI=1S/C17H17F2N3O2/c1-10(15-6-7-23-21-15)22(3)9-16-11(2)24-17(20-16)13-8-12(18)4-5-14(13)19/h4-8,10H,9H2,1-3H3. The maximum atomic E-state index is 13.9. The second-order valence-electron chi connectivity index (χ2n) is 5.66. The summed E-state index contributed by atoms with van der Waals surface area (Å²) in [5.74, 6) is -0.482. The monoisotopic (exact) mass is 333 g/mol. The molecule has 0 spiro atoms. The quantitative estimate of drug-likeness (QED) is 0.703. The normalized spacial score (nSPS) is 12.8. The molecule has 126 valence electrons. The molecule has 2 heterocycles. The van der Waals surface area contributed by atoms with Gasteiger partial charge in [0.25, 0.3) is 0 Å². The fraction of sp³-hybridized carbons (Fsp3) is 0.294. The lowest BCUT2D eigenvalue weighted by Crippen LogP contribution is -2.22. The number of aryl methyl sites for hydroxylation is 1. The molecular weight excluding hydrogens is 316 g/mol. The summed E-state index contributed by atoms with van der Waals surface area (Å²) in [7, 11) is 1.91. The number of rotatable bonds is 5. The molecule has 2 aromatic heterocycles. The van der Waals surface area contributed by atoms with Gasteiger partial charge in [-0.1, -0.05) is 5.16 Å². The molecule has 0 saturated carbocycles. The van der Waals surface area contributed by atoms with Gasteiger partial charge in [0.05, 0.1) is 17.3 Å². The molecule has 0 bridgehead atoms. The molecule has 24 heavy (non-hydrogen) atoms. The number of nitrogens with zero attached hydrogens (tertiary/aromatic N) is 3. The van der Waals surface area contributed by atoms with Crippen molar-refractivity contribution in [2.24, 2.45) is 0 Å². The van der Waals surface area contributed by atoms with Gasteiger partial charge in [-0.2, -0.15) is 0 Å². The van der Waals surface area contributed by atoms with Gasteiger partial charge in [-0.05, 0) is 39.1 Å². The van der Waals surface area contributed by atoms with E-state index in [2.05, 4.69) is 10.1 Å². The van der Waals surface area contributed by atoms with E-state index >= 15 is 0 Å². The predicted octanol–water partition coefficient (Wildman–Crippen LogP) is 4.11. The van der Waals surface area contributed by atoms with E-state index < -0.39 is 11.6 Å². The first-order valence-corrected chi connectivity index (χ1v) is 7.48. The van der Waals surface area contributed by atoms with Crippen LogP contribution >= 0.6 is 0 Å². The Hall–Kier alpha value is -2.54. The fourth-order valence-corrected chi connectivity index (χ4v) is 2.39. The lowest BCUT2D eigenvalue weighted by atomic mass is 10.2. The second-order valence-corrected chi connectivity index (χ2v) is 5.66. The van der Waals surface area contributed by atoms with Crippen LogP contribution in [0.5, 0.6) is 0 Å². The van der Waals surface area contributed by atoms with Crippen LogP contribution < -0.4 is 0 Å². The van der Waals surface area contributed by atoms with Gasteiger partial charge >= 0.3 is 0 Å². The number of aromatic nitrogens is 2. The summed E-state index contributed by atoms with van der Waals surface area (Å²) in [6.07, 6.45) is 1.52. The summed E-state index contributed by atoms with van der Waals surface area (Å²) in [4.78, 5) is 6.34. The number of benzene rings is 1. The van der Waals surface area contributed by atoms with Crippen molar-refractivity contribution >= 4 is 0 Å². The maximum absolute atomic E-state index is 13.9. The van der Waals surface area contributed by atoms with Gasteiger partial charge in [0.15, 0.2) is 0 Å². The van der Waals surface area contributed by atoms with Crippen molar-refractivity contribution in [3.05, 3.63) is 59.3 Å². The molecule has 1 atom stereocenters. The van der Waals surface area contributed by atoms with Gasteiger partial charge in [-0.15, -0.1) is 0 Å². The highest BCUT2D eigenvalue weighted by Gasteiger charge is 2.20. The third kappa shape index (κ3) is 3.21. The van der Waals surface area contributed by atoms with E-state index in [9.17, 15) is 8.78 Å². The molecule has 3 rings (SSSR count). The van der Waals surface area contributed by atoms with Crippen LogP contribution in [0.25, 0.3) is 11.5 Å². The predicted molar refractivity (Wildman–Crippen MR) is 83.0 cm³/mol. The zero-order valence-corrected chi connectivity index (χ0v) is 13.6. The minimum absolute atomic E-state index is 0.00852. The third-order valence-electron chi connectivity index (χ3n) is 4.00. The molecule has 0 radical (unpaired) electrons. The Morgan fingerprint density at radius 1 is 1.25 bits per heavy atom. The summed E-state index contributed by atoms with van der Waals surface area (Å²) in [6, 6.07) is 5.00. The summed E-state index contributed by atoms with van der Waals surface area (Å²) in [6.45, 7) is 4.21. The highest BCUT2D eigenvalue weighted by molar-refractivity contribution is 5.54. The lowest BCUT2D eigenvalue weighted by molar-refractivity contribution is 0.237. The van der Waals surface area contributed by atoms with E-state index in [-0.39, 0.29) is 17.5 Å². The summed E-state index contributed by atoms with van der Waals surface area (Å²) < 4.78 is 37.6. The topological polar surface area (TPSA) is 55.3 Å². The van der Waals surface area contributed by atoms with Crippen molar-refractivity contribution in [3.63, 3.8) is 0 Å². The van der Waals surface area contributed by atoms with E-state index in [1.54, 1.807) is 13.0 Å². The van der Waals surface area contributed by atoms with Gasteiger partial charge in [0.1, 0.15) is 29.4 Å². The van der Waals surface area contributed by atoms with E-state index in [0.29, 0.717) is 18.0 Å². The molecule has 0 fully saturated rings. The van der Waals surface area contributed by atoms with Crippen molar-refractivity contribution in [2.75, 3.05) is 7.05 Å². The van der Waals surface area contributed by atoms with Crippen molar-refractivity contribution in [1.29, 1.82) is 0 Å². The summed E-state index contributed by atoms with van der Waals surface area (Å²) in [5.41, 5.74) is 1.47. The molecule has 0 saturated heterocycles. The minimum atomic E-state index is -0.575. The highest BCUT2D eigenvalue weighted by Crippen LogP contribution is 2.27. The average molecular weight is 333 g/mol. The van der Waals surface area contributed by atoms with Crippen LogP contribution in [0.3, 0.4) is 0 Å².